The number of methoxy groups -OCH3 is 1. The third-order valence-corrected chi connectivity index (χ3v) is 3.29. The minimum atomic E-state index is -0.661. The van der Waals surface area contributed by atoms with E-state index in [1.54, 1.807) is 0 Å². The number of hydrogen-bond acceptors (Lipinski definition) is 4. The maximum absolute atomic E-state index is 11.9. The Morgan fingerprint density at radius 3 is 2.38 bits per heavy atom. The smallest absolute Gasteiger partial charge is 0.328 e. The van der Waals surface area contributed by atoms with Crippen LogP contribution >= 0.6 is 0 Å². The lowest BCUT2D eigenvalue weighted by Gasteiger charge is -2.19. The van der Waals surface area contributed by atoms with Gasteiger partial charge in [0.2, 0.25) is 0 Å². The van der Waals surface area contributed by atoms with Crippen molar-refractivity contribution in [1.29, 1.82) is 0 Å². The first kappa shape index (κ1) is 17.0. The quantitative estimate of drug-likeness (QED) is 0.815. The Labute approximate surface area is 125 Å². The molecule has 0 spiro atoms. The Kier molecular flexibility index (Phi) is 6.21. The fourth-order valence-electron chi connectivity index (χ4n) is 1.79. The van der Waals surface area contributed by atoms with Gasteiger partial charge in [-0.3, -0.25) is 4.79 Å². The molecule has 0 saturated heterocycles. The van der Waals surface area contributed by atoms with Crippen LogP contribution in [0.2, 0.25) is 0 Å². The Morgan fingerprint density at radius 1 is 1.19 bits per heavy atom. The summed E-state index contributed by atoms with van der Waals surface area (Å²) in [6.45, 7) is 7.53. The highest BCUT2D eigenvalue weighted by molar-refractivity contribution is 5.85. The standard InChI is InChI=1S/C16H23NO4/c1-10(2)15(16(19)20-5)17-14(18)9-21-13-7-6-11(3)12(4)8-13/h6-8,10,15H,9H2,1-5H3,(H,17,18). The lowest BCUT2D eigenvalue weighted by atomic mass is 10.0. The lowest BCUT2D eigenvalue weighted by Crippen LogP contribution is -2.46. The van der Waals surface area contributed by atoms with Gasteiger partial charge in [0.15, 0.2) is 6.61 Å². The molecule has 0 radical (unpaired) electrons. The molecule has 0 fully saturated rings. The molecule has 5 heteroatoms. The average molecular weight is 293 g/mol. The summed E-state index contributed by atoms with van der Waals surface area (Å²) < 4.78 is 10.1. The zero-order valence-corrected chi connectivity index (χ0v) is 13.2. The fraction of sp³-hybridized carbons (Fsp3) is 0.500. The Morgan fingerprint density at radius 2 is 1.86 bits per heavy atom. The summed E-state index contributed by atoms with van der Waals surface area (Å²) in [5.41, 5.74) is 2.26. The lowest BCUT2D eigenvalue weighted by molar-refractivity contribution is -0.146. The zero-order chi connectivity index (χ0) is 16.0. The Bertz CT molecular complexity index is 511. The largest absolute Gasteiger partial charge is 0.484 e. The van der Waals surface area contributed by atoms with Crippen LogP contribution < -0.4 is 10.1 Å². The van der Waals surface area contributed by atoms with Gasteiger partial charge in [-0.05, 0) is 43.0 Å². The molecular formula is C16H23NO4. The normalized spacial score (nSPS) is 11.9. The summed E-state index contributed by atoms with van der Waals surface area (Å²) in [6, 6.07) is 4.97. The van der Waals surface area contributed by atoms with Crippen molar-refractivity contribution in [3.05, 3.63) is 29.3 Å². The molecule has 0 aliphatic rings. The van der Waals surface area contributed by atoms with Crippen LogP contribution in [0, 0.1) is 19.8 Å². The number of rotatable bonds is 6. The number of ether oxygens (including phenoxy) is 2. The molecule has 0 bridgehead atoms. The van der Waals surface area contributed by atoms with Crippen LogP contribution in [0.25, 0.3) is 0 Å². The molecule has 1 N–H and O–H groups in total. The molecule has 5 nitrogen and oxygen atoms in total. The zero-order valence-electron chi connectivity index (χ0n) is 13.2. The van der Waals surface area contributed by atoms with Crippen LogP contribution in [0.15, 0.2) is 18.2 Å². The molecule has 1 aromatic rings. The van der Waals surface area contributed by atoms with Crippen molar-refractivity contribution in [2.75, 3.05) is 13.7 Å². The molecule has 116 valence electrons. The molecule has 0 heterocycles. The number of carbonyl (C=O) groups is 2. The van der Waals surface area contributed by atoms with Gasteiger partial charge in [-0.1, -0.05) is 19.9 Å². The van der Waals surface area contributed by atoms with Gasteiger partial charge in [-0.25, -0.2) is 4.79 Å². The van der Waals surface area contributed by atoms with Crippen molar-refractivity contribution in [1.82, 2.24) is 5.32 Å². The summed E-state index contributed by atoms with van der Waals surface area (Å²) in [4.78, 5) is 23.4. The Balaban J connectivity index is 2.56. The topological polar surface area (TPSA) is 64.6 Å². The van der Waals surface area contributed by atoms with Gasteiger partial charge in [0.05, 0.1) is 7.11 Å². The minimum absolute atomic E-state index is 0.0528. The van der Waals surface area contributed by atoms with Crippen LogP contribution in [-0.2, 0) is 14.3 Å². The summed E-state index contributed by atoms with van der Waals surface area (Å²) in [5.74, 6) is -0.225. The predicted octanol–water partition coefficient (Wildman–Crippen LogP) is 2.00. The maximum Gasteiger partial charge on any atom is 0.328 e. The number of nitrogens with one attached hydrogen (secondary N) is 1. The van der Waals surface area contributed by atoms with Crippen molar-refractivity contribution < 1.29 is 19.1 Å². The number of carbonyl (C=O) groups excluding carboxylic acids is 2. The second-order valence-electron chi connectivity index (χ2n) is 5.35. The van der Waals surface area contributed by atoms with E-state index in [2.05, 4.69) is 10.1 Å². The van der Waals surface area contributed by atoms with E-state index in [0.29, 0.717) is 5.75 Å². The highest BCUT2D eigenvalue weighted by Gasteiger charge is 2.24. The number of hydrogen-bond donors (Lipinski definition) is 1. The number of benzene rings is 1. The number of aryl methyl sites for hydroxylation is 2. The first-order chi connectivity index (χ1) is 9.85. The van der Waals surface area contributed by atoms with E-state index in [0.717, 1.165) is 11.1 Å². The van der Waals surface area contributed by atoms with E-state index < -0.39 is 12.0 Å². The summed E-state index contributed by atoms with van der Waals surface area (Å²) in [7, 11) is 1.30. The molecule has 1 aromatic carbocycles. The van der Waals surface area contributed by atoms with Crippen molar-refractivity contribution in [3.8, 4) is 5.75 Å². The molecule has 21 heavy (non-hydrogen) atoms. The molecule has 1 atom stereocenters. The van der Waals surface area contributed by atoms with Crippen LogP contribution in [-0.4, -0.2) is 31.6 Å². The maximum atomic E-state index is 11.9. The van der Waals surface area contributed by atoms with Crippen molar-refractivity contribution >= 4 is 11.9 Å². The second kappa shape index (κ2) is 7.67. The molecule has 0 saturated carbocycles. The summed E-state index contributed by atoms with van der Waals surface area (Å²) in [6.07, 6.45) is 0. The van der Waals surface area contributed by atoms with Gasteiger partial charge < -0.3 is 14.8 Å². The van der Waals surface area contributed by atoms with Crippen molar-refractivity contribution in [3.63, 3.8) is 0 Å². The van der Waals surface area contributed by atoms with E-state index in [1.165, 1.54) is 7.11 Å². The van der Waals surface area contributed by atoms with Gasteiger partial charge in [0.1, 0.15) is 11.8 Å². The van der Waals surface area contributed by atoms with E-state index >= 15 is 0 Å². The van der Waals surface area contributed by atoms with E-state index in [9.17, 15) is 9.59 Å². The molecule has 1 unspecified atom stereocenters. The highest BCUT2D eigenvalue weighted by atomic mass is 16.5. The molecular weight excluding hydrogens is 270 g/mol. The van der Waals surface area contributed by atoms with Crippen molar-refractivity contribution in [2.24, 2.45) is 5.92 Å². The third kappa shape index (κ3) is 5.10. The van der Waals surface area contributed by atoms with Gasteiger partial charge in [0, 0.05) is 0 Å². The van der Waals surface area contributed by atoms with Crippen LogP contribution in [0.4, 0.5) is 0 Å². The summed E-state index contributed by atoms with van der Waals surface area (Å²) in [5, 5.41) is 2.62. The molecule has 1 amide bonds. The predicted molar refractivity (Wildman–Crippen MR) is 80.2 cm³/mol. The van der Waals surface area contributed by atoms with Crippen LogP contribution in [0.3, 0.4) is 0 Å². The molecule has 0 aliphatic carbocycles. The number of amides is 1. The minimum Gasteiger partial charge on any atom is -0.484 e. The molecule has 0 aromatic heterocycles. The SMILES string of the molecule is COC(=O)C(NC(=O)COc1ccc(C)c(C)c1)C(C)C. The fourth-order valence-corrected chi connectivity index (χ4v) is 1.79. The van der Waals surface area contributed by atoms with Gasteiger partial charge in [0.25, 0.3) is 5.91 Å². The van der Waals surface area contributed by atoms with Gasteiger partial charge >= 0.3 is 5.97 Å². The van der Waals surface area contributed by atoms with Gasteiger partial charge in [-0.15, -0.1) is 0 Å². The highest BCUT2D eigenvalue weighted by Crippen LogP contribution is 2.16. The van der Waals surface area contributed by atoms with E-state index in [1.807, 2.05) is 45.9 Å². The monoisotopic (exact) mass is 293 g/mol. The second-order valence-corrected chi connectivity index (χ2v) is 5.35. The molecule has 1 rings (SSSR count). The number of esters is 1. The third-order valence-electron chi connectivity index (χ3n) is 3.29. The average Bonchev–Trinajstić information content (AvgIpc) is 2.44. The first-order valence-corrected chi connectivity index (χ1v) is 6.92. The summed E-state index contributed by atoms with van der Waals surface area (Å²) >= 11 is 0. The van der Waals surface area contributed by atoms with E-state index in [4.69, 9.17) is 4.74 Å². The molecule has 0 aliphatic heterocycles. The van der Waals surface area contributed by atoms with Crippen molar-refractivity contribution in [2.45, 2.75) is 33.7 Å². The Hall–Kier alpha value is -2.04. The van der Waals surface area contributed by atoms with Crippen LogP contribution in [0.1, 0.15) is 25.0 Å². The van der Waals surface area contributed by atoms with E-state index in [-0.39, 0.29) is 18.4 Å². The van der Waals surface area contributed by atoms with Gasteiger partial charge in [-0.2, -0.15) is 0 Å². The first-order valence-electron chi connectivity index (χ1n) is 6.92. The van der Waals surface area contributed by atoms with Crippen LogP contribution in [0.5, 0.6) is 5.75 Å².